The fourth-order valence-electron chi connectivity index (χ4n) is 1.70. The molecule has 1 heterocycles. The first-order valence-electron chi connectivity index (χ1n) is 4.92. The van der Waals surface area contributed by atoms with Gasteiger partial charge in [0.25, 0.3) is 0 Å². The van der Waals surface area contributed by atoms with E-state index in [-0.39, 0.29) is 17.6 Å². The van der Waals surface area contributed by atoms with Crippen molar-refractivity contribution in [1.82, 2.24) is 4.90 Å². The van der Waals surface area contributed by atoms with E-state index in [0.29, 0.717) is 6.61 Å². The predicted octanol–water partition coefficient (Wildman–Crippen LogP) is 0.659. The zero-order valence-electron chi connectivity index (χ0n) is 9.37. The topological polar surface area (TPSA) is 38.8 Å². The molecule has 1 rings (SSSR count). The molecule has 0 aromatic rings. The Morgan fingerprint density at radius 2 is 2.21 bits per heavy atom. The highest BCUT2D eigenvalue weighted by Crippen LogP contribution is 2.18. The van der Waals surface area contributed by atoms with Crippen molar-refractivity contribution < 1.29 is 14.3 Å². The average molecular weight is 201 g/mol. The molecule has 0 aromatic heterocycles. The molecule has 0 saturated carbocycles. The third-order valence-electron chi connectivity index (χ3n) is 2.55. The number of methoxy groups -OCH3 is 1. The molecular weight excluding hydrogens is 182 g/mol. The molecule has 0 spiro atoms. The van der Waals surface area contributed by atoms with Gasteiger partial charge in [0.15, 0.2) is 0 Å². The molecule has 1 aliphatic heterocycles. The van der Waals surface area contributed by atoms with Crippen LogP contribution in [0.4, 0.5) is 0 Å². The van der Waals surface area contributed by atoms with E-state index in [1.54, 1.807) is 0 Å². The predicted molar refractivity (Wildman–Crippen MR) is 53.1 cm³/mol. The fourth-order valence-corrected chi connectivity index (χ4v) is 1.70. The lowest BCUT2D eigenvalue weighted by Gasteiger charge is -2.40. The Morgan fingerprint density at radius 1 is 1.57 bits per heavy atom. The van der Waals surface area contributed by atoms with Crippen LogP contribution >= 0.6 is 0 Å². The smallest absolute Gasteiger partial charge is 0.322 e. The summed E-state index contributed by atoms with van der Waals surface area (Å²) in [7, 11) is 1.42. The number of hydrogen-bond donors (Lipinski definition) is 0. The molecule has 0 radical (unpaired) electrons. The van der Waals surface area contributed by atoms with Gasteiger partial charge in [0.2, 0.25) is 0 Å². The molecule has 0 bridgehead atoms. The lowest BCUT2D eigenvalue weighted by Crippen LogP contribution is -2.53. The average Bonchev–Trinajstić information content (AvgIpc) is 2.14. The molecule has 1 unspecified atom stereocenters. The van der Waals surface area contributed by atoms with Gasteiger partial charge in [0.1, 0.15) is 6.04 Å². The summed E-state index contributed by atoms with van der Waals surface area (Å²) in [6.07, 6.45) is 0. The number of hydrogen-bond acceptors (Lipinski definition) is 4. The summed E-state index contributed by atoms with van der Waals surface area (Å²) in [6.45, 7) is 8.16. The second-order valence-corrected chi connectivity index (χ2v) is 4.28. The molecule has 0 N–H and O–H groups in total. The summed E-state index contributed by atoms with van der Waals surface area (Å²) < 4.78 is 10.3. The Morgan fingerprint density at radius 3 is 2.71 bits per heavy atom. The molecule has 0 aliphatic carbocycles. The maximum absolute atomic E-state index is 11.3. The van der Waals surface area contributed by atoms with Crippen molar-refractivity contribution >= 4 is 5.97 Å². The number of esters is 1. The molecule has 0 amide bonds. The minimum atomic E-state index is -0.178. The van der Waals surface area contributed by atoms with E-state index in [4.69, 9.17) is 9.47 Å². The normalized spacial score (nSPS) is 24.3. The van der Waals surface area contributed by atoms with Gasteiger partial charge in [-0.05, 0) is 20.8 Å². The summed E-state index contributed by atoms with van der Waals surface area (Å²) in [5, 5.41) is 0. The maximum Gasteiger partial charge on any atom is 0.322 e. The van der Waals surface area contributed by atoms with E-state index < -0.39 is 0 Å². The van der Waals surface area contributed by atoms with Crippen molar-refractivity contribution in [3.63, 3.8) is 0 Å². The van der Waals surface area contributed by atoms with Crippen LogP contribution in [0.3, 0.4) is 0 Å². The Labute approximate surface area is 85.2 Å². The zero-order valence-corrected chi connectivity index (χ0v) is 9.37. The van der Waals surface area contributed by atoms with Crippen molar-refractivity contribution in [3.8, 4) is 0 Å². The molecule has 14 heavy (non-hydrogen) atoms. The minimum absolute atomic E-state index is 0.166. The van der Waals surface area contributed by atoms with E-state index in [1.165, 1.54) is 7.11 Å². The highest BCUT2D eigenvalue weighted by Gasteiger charge is 2.32. The quantitative estimate of drug-likeness (QED) is 0.615. The van der Waals surface area contributed by atoms with Gasteiger partial charge in [-0.3, -0.25) is 9.69 Å². The summed E-state index contributed by atoms with van der Waals surface area (Å²) in [5.74, 6) is -0.178. The third kappa shape index (κ3) is 2.69. The number of rotatable bonds is 2. The van der Waals surface area contributed by atoms with Gasteiger partial charge >= 0.3 is 5.97 Å². The van der Waals surface area contributed by atoms with Crippen LogP contribution in [0.25, 0.3) is 0 Å². The molecule has 4 nitrogen and oxygen atoms in total. The number of nitrogens with zero attached hydrogens (tertiary/aromatic N) is 1. The van der Waals surface area contributed by atoms with E-state index in [9.17, 15) is 4.79 Å². The van der Waals surface area contributed by atoms with Crippen LogP contribution in [0.15, 0.2) is 0 Å². The number of carbonyl (C=O) groups is 1. The lowest BCUT2D eigenvalue weighted by molar-refractivity contribution is -0.152. The highest BCUT2D eigenvalue weighted by molar-refractivity contribution is 5.75. The monoisotopic (exact) mass is 201 g/mol. The molecule has 1 fully saturated rings. The fraction of sp³-hybridized carbons (Fsp3) is 0.900. The molecule has 1 atom stereocenters. The van der Waals surface area contributed by atoms with Crippen molar-refractivity contribution in [3.05, 3.63) is 0 Å². The van der Waals surface area contributed by atoms with Crippen LogP contribution in [0.2, 0.25) is 0 Å². The van der Waals surface area contributed by atoms with E-state index in [0.717, 1.165) is 13.1 Å². The Hall–Kier alpha value is -0.610. The molecular formula is C10H19NO3. The van der Waals surface area contributed by atoms with Gasteiger partial charge in [0.05, 0.1) is 19.3 Å². The van der Waals surface area contributed by atoms with Gasteiger partial charge in [-0.15, -0.1) is 0 Å². The van der Waals surface area contributed by atoms with Crippen LogP contribution in [-0.4, -0.2) is 49.3 Å². The van der Waals surface area contributed by atoms with Crippen LogP contribution in [0.5, 0.6) is 0 Å². The number of carbonyl (C=O) groups excluding carboxylic acids is 1. The second kappa shape index (κ2) is 4.28. The molecule has 1 saturated heterocycles. The summed E-state index contributed by atoms with van der Waals surface area (Å²) in [4.78, 5) is 13.4. The first kappa shape index (κ1) is 11.5. The Balaban J connectivity index is 2.56. The zero-order chi connectivity index (χ0) is 10.8. The van der Waals surface area contributed by atoms with Crippen LogP contribution in [-0.2, 0) is 14.3 Å². The van der Waals surface area contributed by atoms with Crippen LogP contribution in [0, 0.1) is 0 Å². The Kier molecular flexibility index (Phi) is 3.50. The van der Waals surface area contributed by atoms with Gasteiger partial charge in [-0.1, -0.05) is 0 Å². The highest BCUT2D eigenvalue weighted by atomic mass is 16.5. The molecule has 1 aliphatic rings. The van der Waals surface area contributed by atoms with E-state index in [1.807, 2.05) is 20.8 Å². The molecule has 82 valence electrons. The van der Waals surface area contributed by atoms with Crippen LogP contribution in [0.1, 0.15) is 20.8 Å². The molecule has 4 heteroatoms. The van der Waals surface area contributed by atoms with Crippen LogP contribution < -0.4 is 0 Å². The van der Waals surface area contributed by atoms with Crippen molar-refractivity contribution in [2.24, 2.45) is 0 Å². The van der Waals surface area contributed by atoms with Crippen molar-refractivity contribution in [2.75, 3.05) is 26.8 Å². The SMILES string of the molecule is COC(=O)C(C)N1CCOC(C)(C)C1. The van der Waals surface area contributed by atoms with Gasteiger partial charge in [-0.2, -0.15) is 0 Å². The maximum atomic E-state index is 11.3. The summed E-state index contributed by atoms with van der Waals surface area (Å²) in [6, 6.07) is -0.178. The lowest BCUT2D eigenvalue weighted by atomic mass is 10.1. The van der Waals surface area contributed by atoms with Gasteiger partial charge in [-0.25, -0.2) is 0 Å². The number of morpholine rings is 1. The van der Waals surface area contributed by atoms with Gasteiger partial charge < -0.3 is 9.47 Å². The number of ether oxygens (including phenoxy) is 2. The van der Waals surface area contributed by atoms with Crippen molar-refractivity contribution in [1.29, 1.82) is 0 Å². The third-order valence-corrected chi connectivity index (χ3v) is 2.55. The van der Waals surface area contributed by atoms with E-state index in [2.05, 4.69) is 4.90 Å². The largest absolute Gasteiger partial charge is 0.468 e. The standard InChI is InChI=1S/C10H19NO3/c1-8(9(12)13-4)11-5-6-14-10(2,3)7-11/h8H,5-7H2,1-4H3. The summed E-state index contributed by atoms with van der Waals surface area (Å²) in [5.41, 5.74) is -0.166. The minimum Gasteiger partial charge on any atom is -0.468 e. The first-order valence-corrected chi connectivity index (χ1v) is 4.92. The van der Waals surface area contributed by atoms with Gasteiger partial charge in [0, 0.05) is 13.1 Å². The Bertz CT molecular complexity index is 215. The van der Waals surface area contributed by atoms with E-state index >= 15 is 0 Å². The molecule has 0 aromatic carbocycles. The van der Waals surface area contributed by atoms with Crippen molar-refractivity contribution in [2.45, 2.75) is 32.4 Å². The summed E-state index contributed by atoms with van der Waals surface area (Å²) >= 11 is 0. The first-order chi connectivity index (χ1) is 6.46. The second-order valence-electron chi connectivity index (χ2n) is 4.28.